The Labute approximate surface area is 113 Å². The molecule has 1 aromatic rings. The topological polar surface area (TPSA) is 3.24 Å². The van der Waals surface area contributed by atoms with Crippen LogP contribution in [0, 0.1) is 17.4 Å². The monoisotopic (exact) mass is 331 g/mol. The Kier molecular flexibility index (Phi) is 5.59. The van der Waals surface area contributed by atoms with Crippen molar-refractivity contribution < 1.29 is 0 Å². The van der Waals surface area contributed by atoms with Gasteiger partial charge in [-0.2, -0.15) is 0 Å². The molecule has 0 saturated carbocycles. The van der Waals surface area contributed by atoms with Crippen LogP contribution in [0.25, 0.3) is 0 Å². The minimum Gasteiger partial charge on any atom is -0.372 e. The van der Waals surface area contributed by atoms with E-state index in [0.29, 0.717) is 0 Å². The van der Waals surface area contributed by atoms with Gasteiger partial charge < -0.3 is 4.90 Å². The fourth-order valence-corrected chi connectivity index (χ4v) is 2.24. The maximum Gasteiger partial charge on any atom is 0.0372 e. The third-order valence-electron chi connectivity index (χ3n) is 2.95. The summed E-state index contributed by atoms with van der Waals surface area (Å²) in [7, 11) is 0. The predicted octanol–water partition coefficient (Wildman–Crippen LogP) is 4.53. The van der Waals surface area contributed by atoms with Gasteiger partial charge in [0.2, 0.25) is 0 Å². The number of benzene rings is 1. The molecule has 0 aliphatic carbocycles. The van der Waals surface area contributed by atoms with Crippen LogP contribution in [0.4, 0.5) is 5.69 Å². The zero-order valence-corrected chi connectivity index (χ0v) is 13.0. The number of rotatable bonds is 5. The van der Waals surface area contributed by atoms with Crippen molar-refractivity contribution in [2.45, 2.75) is 40.5 Å². The third kappa shape index (κ3) is 3.37. The summed E-state index contributed by atoms with van der Waals surface area (Å²) in [6, 6.07) is 4.63. The molecule has 0 aromatic heterocycles. The van der Waals surface area contributed by atoms with E-state index in [4.69, 9.17) is 0 Å². The highest BCUT2D eigenvalue weighted by Gasteiger charge is 2.07. The normalized spacial score (nSPS) is 10.6. The summed E-state index contributed by atoms with van der Waals surface area (Å²) < 4.78 is 1.40. The van der Waals surface area contributed by atoms with Crippen LogP contribution in [0.5, 0.6) is 0 Å². The van der Waals surface area contributed by atoms with Crippen LogP contribution in [-0.4, -0.2) is 13.1 Å². The molecular weight excluding hydrogens is 309 g/mol. The first kappa shape index (κ1) is 13.8. The SMILES string of the molecule is CCCCN(CC)c1cc(C)c(I)c(C)c1. The van der Waals surface area contributed by atoms with E-state index < -0.39 is 0 Å². The first-order chi connectivity index (χ1) is 7.60. The molecule has 16 heavy (non-hydrogen) atoms. The molecule has 0 bridgehead atoms. The summed E-state index contributed by atoms with van der Waals surface area (Å²) in [5.41, 5.74) is 4.17. The molecule has 0 atom stereocenters. The molecule has 0 aliphatic rings. The minimum atomic E-state index is 1.10. The highest BCUT2D eigenvalue weighted by molar-refractivity contribution is 14.1. The van der Waals surface area contributed by atoms with Gasteiger partial charge in [0.15, 0.2) is 0 Å². The van der Waals surface area contributed by atoms with Crippen LogP contribution < -0.4 is 4.90 Å². The quantitative estimate of drug-likeness (QED) is 0.716. The highest BCUT2D eigenvalue weighted by Crippen LogP contribution is 2.24. The molecule has 1 aromatic carbocycles. The minimum absolute atomic E-state index is 1.10. The van der Waals surface area contributed by atoms with Crippen LogP contribution in [0.1, 0.15) is 37.8 Å². The summed E-state index contributed by atoms with van der Waals surface area (Å²) in [6.45, 7) is 11.2. The molecule has 0 radical (unpaired) electrons. The van der Waals surface area contributed by atoms with Gasteiger partial charge in [-0.3, -0.25) is 0 Å². The van der Waals surface area contributed by atoms with E-state index in [2.05, 4.69) is 67.3 Å². The Morgan fingerprint density at radius 1 is 1.12 bits per heavy atom. The lowest BCUT2D eigenvalue weighted by Crippen LogP contribution is -2.24. The molecule has 0 aliphatic heterocycles. The van der Waals surface area contributed by atoms with Crippen LogP contribution in [-0.2, 0) is 0 Å². The lowest BCUT2D eigenvalue weighted by Gasteiger charge is -2.24. The average Bonchev–Trinajstić information content (AvgIpc) is 2.26. The number of anilines is 1. The summed E-state index contributed by atoms with van der Waals surface area (Å²) in [5.74, 6) is 0. The van der Waals surface area contributed by atoms with Gasteiger partial charge in [-0.15, -0.1) is 0 Å². The van der Waals surface area contributed by atoms with Crippen LogP contribution in [0.3, 0.4) is 0 Å². The zero-order valence-electron chi connectivity index (χ0n) is 10.8. The van der Waals surface area contributed by atoms with Crippen molar-refractivity contribution in [2.24, 2.45) is 0 Å². The number of unbranched alkanes of at least 4 members (excludes halogenated alkanes) is 1. The summed E-state index contributed by atoms with van der Waals surface area (Å²) >= 11 is 2.43. The molecule has 0 heterocycles. The number of hydrogen-bond acceptors (Lipinski definition) is 1. The molecule has 0 unspecified atom stereocenters. The van der Waals surface area contributed by atoms with Crippen molar-refractivity contribution in [3.8, 4) is 0 Å². The second kappa shape index (κ2) is 6.48. The third-order valence-corrected chi connectivity index (χ3v) is 4.65. The first-order valence-electron chi connectivity index (χ1n) is 6.11. The van der Waals surface area contributed by atoms with Crippen LogP contribution in [0.15, 0.2) is 12.1 Å². The Morgan fingerprint density at radius 3 is 2.12 bits per heavy atom. The van der Waals surface area contributed by atoms with Crippen molar-refractivity contribution in [1.82, 2.24) is 0 Å². The Hall–Kier alpha value is -0.250. The largest absolute Gasteiger partial charge is 0.372 e. The molecule has 90 valence electrons. The summed E-state index contributed by atoms with van der Waals surface area (Å²) in [6.07, 6.45) is 2.54. The van der Waals surface area contributed by atoms with Gasteiger partial charge in [0.05, 0.1) is 0 Å². The van der Waals surface area contributed by atoms with E-state index in [1.807, 2.05) is 0 Å². The fraction of sp³-hybridized carbons (Fsp3) is 0.571. The summed E-state index contributed by atoms with van der Waals surface area (Å²) in [4.78, 5) is 2.47. The zero-order chi connectivity index (χ0) is 12.1. The second-order valence-electron chi connectivity index (χ2n) is 4.33. The number of hydrogen-bond donors (Lipinski definition) is 0. The highest BCUT2D eigenvalue weighted by atomic mass is 127. The molecule has 0 amide bonds. The van der Waals surface area contributed by atoms with Crippen LogP contribution >= 0.6 is 22.6 Å². The van der Waals surface area contributed by atoms with E-state index >= 15 is 0 Å². The van der Waals surface area contributed by atoms with E-state index in [-0.39, 0.29) is 0 Å². The lowest BCUT2D eigenvalue weighted by atomic mass is 10.1. The van der Waals surface area contributed by atoms with Crippen molar-refractivity contribution in [3.63, 3.8) is 0 Å². The maximum atomic E-state index is 2.47. The van der Waals surface area contributed by atoms with Gasteiger partial charge in [0.25, 0.3) is 0 Å². The van der Waals surface area contributed by atoms with E-state index in [9.17, 15) is 0 Å². The van der Waals surface area contributed by atoms with E-state index in [1.54, 1.807) is 0 Å². The molecule has 0 saturated heterocycles. The Bertz CT molecular complexity index is 324. The van der Waals surface area contributed by atoms with Gasteiger partial charge in [0, 0.05) is 22.3 Å². The standard InChI is InChI=1S/C14H22IN/c1-5-7-8-16(6-2)13-9-11(3)14(15)12(4)10-13/h9-10H,5-8H2,1-4H3. The van der Waals surface area contributed by atoms with Crippen LogP contribution in [0.2, 0.25) is 0 Å². The van der Waals surface area contributed by atoms with Gasteiger partial charge >= 0.3 is 0 Å². The van der Waals surface area contributed by atoms with Crippen molar-refractivity contribution in [1.29, 1.82) is 0 Å². The van der Waals surface area contributed by atoms with Gasteiger partial charge in [-0.25, -0.2) is 0 Å². The fourth-order valence-electron chi connectivity index (χ4n) is 1.92. The summed E-state index contributed by atoms with van der Waals surface area (Å²) in [5, 5.41) is 0. The average molecular weight is 331 g/mol. The van der Waals surface area contributed by atoms with E-state index in [1.165, 1.54) is 39.8 Å². The lowest BCUT2D eigenvalue weighted by molar-refractivity contribution is 0.731. The van der Waals surface area contributed by atoms with Crippen molar-refractivity contribution in [3.05, 3.63) is 26.8 Å². The van der Waals surface area contributed by atoms with E-state index in [0.717, 1.165) is 6.54 Å². The van der Waals surface area contributed by atoms with Crippen molar-refractivity contribution in [2.75, 3.05) is 18.0 Å². The first-order valence-corrected chi connectivity index (χ1v) is 7.19. The molecule has 0 N–H and O–H groups in total. The molecular formula is C14H22IN. The number of nitrogens with zero attached hydrogens (tertiary/aromatic N) is 1. The molecule has 1 rings (SSSR count). The predicted molar refractivity (Wildman–Crippen MR) is 81.4 cm³/mol. The van der Waals surface area contributed by atoms with Gasteiger partial charge in [-0.1, -0.05) is 13.3 Å². The van der Waals surface area contributed by atoms with Crippen molar-refractivity contribution >= 4 is 28.3 Å². The smallest absolute Gasteiger partial charge is 0.0372 e. The molecule has 2 heteroatoms. The van der Waals surface area contributed by atoms with Gasteiger partial charge in [-0.05, 0) is 73.0 Å². The Morgan fingerprint density at radius 2 is 1.69 bits per heavy atom. The second-order valence-corrected chi connectivity index (χ2v) is 5.41. The number of aryl methyl sites for hydroxylation is 2. The molecule has 0 spiro atoms. The number of halogens is 1. The maximum absolute atomic E-state index is 2.47. The van der Waals surface area contributed by atoms with Gasteiger partial charge in [0.1, 0.15) is 0 Å². The molecule has 0 fully saturated rings. The molecule has 1 nitrogen and oxygen atoms in total. The Balaban J connectivity index is 2.92.